The van der Waals surface area contributed by atoms with Crippen molar-refractivity contribution >= 4 is 23.1 Å². The van der Waals surface area contributed by atoms with Crippen molar-refractivity contribution in [3.63, 3.8) is 0 Å². The van der Waals surface area contributed by atoms with Gasteiger partial charge in [0.15, 0.2) is 0 Å². The zero-order valence-electron chi connectivity index (χ0n) is 25.6. The topological polar surface area (TPSA) is 73.4 Å². The van der Waals surface area contributed by atoms with E-state index in [0.29, 0.717) is 18.6 Å². The van der Waals surface area contributed by atoms with Crippen LogP contribution in [0.5, 0.6) is 5.75 Å². The molecular formula is C34H44N6O3. The predicted octanol–water partition coefficient (Wildman–Crippen LogP) is 3.76. The Morgan fingerprint density at radius 2 is 2.00 bits per heavy atom. The number of hydrogen-bond acceptors (Lipinski definition) is 8. The zero-order chi connectivity index (χ0) is 29.8. The van der Waals surface area contributed by atoms with Gasteiger partial charge in [0, 0.05) is 69.7 Å². The van der Waals surface area contributed by atoms with Crippen molar-refractivity contribution < 1.29 is 14.3 Å². The molecule has 1 N–H and O–H groups in total. The van der Waals surface area contributed by atoms with Crippen LogP contribution in [0.2, 0.25) is 0 Å². The molecule has 0 bridgehead atoms. The lowest BCUT2D eigenvalue weighted by Crippen LogP contribution is -2.61. The van der Waals surface area contributed by atoms with E-state index in [1.807, 2.05) is 24.2 Å². The third kappa shape index (κ3) is 6.67. The van der Waals surface area contributed by atoms with Gasteiger partial charge in [-0.15, -0.1) is 12.3 Å². The molecule has 4 aliphatic heterocycles. The molecule has 6 rings (SSSR count). The first-order chi connectivity index (χ1) is 21.0. The number of fused-ring (bicyclic) bond motifs is 2. The number of ether oxygens (including phenoxy) is 2. The lowest BCUT2D eigenvalue weighted by atomic mass is 9.87. The monoisotopic (exact) mass is 584 g/mol. The highest BCUT2D eigenvalue weighted by Gasteiger charge is 2.36. The standard InChI is InChI=1S/C34H44N6O3/c1-4-5-12-37(3)13-6-7-32(41)40-22-28(23-40)38-14-9-26(10-15-38)27-20-25(2)33-30(21-27)36-34-29(24-43-33)31(8-11-35-34)39-16-18-42-19-17-39/h1,6-8,11,20-21,26,28H,5,9-10,12-19,22-24H2,2-3H3,(H,35,36)/b7-6+. The summed E-state index contributed by atoms with van der Waals surface area (Å²) in [5.74, 6) is 5.06. The predicted molar refractivity (Wildman–Crippen MR) is 170 cm³/mol. The molecule has 0 radical (unpaired) electrons. The fourth-order valence-corrected chi connectivity index (χ4v) is 6.68. The number of rotatable bonds is 8. The van der Waals surface area contributed by atoms with Crippen LogP contribution >= 0.6 is 0 Å². The maximum Gasteiger partial charge on any atom is 0.246 e. The van der Waals surface area contributed by atoms with Crippen LogP contribution in [-0.2, 0) is 16.1 Å². The summed E-state index contributed by atoms with van der Waals surface area (Å²) >= 11 is 0. The number of amides is 1. The highest BCUT2D eigenvalue weighted by Crippen LogP contribution is 2.42. The Hall–Kier alpha value is -3.58. The molecule has 0 aliphatic carbocycles. The van der Waals surface area contributed by atoms with Crippen LogP contribution in [0.4, 0.5) is 17.2 Å². The first-order valence-electron chi connectivity index (χ1n) is 15.7. The van der Waals surface area contributed by atoms with Crippen LogP contribution in [0.3, 0.4) is 0 Å². The fraction of sp³-hybridized carbons (Fsp3) is 0.529. The van der Waals surface area contributed by atoms with Crippen LogP contribution in [0.15, 0.2) is 36.5 Å². The summed E-state index contributed by atoms with van der Waals surface area (Å²) in [7, 11) is 2.02. The van der Waals surface area contributed by atoms with E-state index in [9.17, 15) is 4.79 Å². The molecule has 4 aliphatic rings. The Kier molecular flexibility index (Phi) is 9.17. The van der Waals surface area contributed by atoms with E-state index in [0.717, 1.165) is 113 Å². The van der Waals surface area contributed by atoms with E-state index in [1.54, 1.807) is 6.08 Å². The summed E-state index contributed by atoms with van der Waals surface area (Å²) < 4.78 is 12.0. The first kappa shape index (κ1) is 29.5. The van der Waals surface area contributed by atoms with Crippen LogP contribution in [0.25, 0.3) is 0 Å². The average Bonchev–Trinajstić information content (AvgIpc) is 3.20. The van der Waals surface area contributed by atoms with Crippen molar-refractivity contribution in [3.8, 4) is 18.1 Å². The van der Waals surface area contributed by atoms with Crippen LogP contribution in [0.1, 0.15) is 41.9 Å². The summed E-state index contributed by atoms with van der Waals surface area (Å²) in [5.41, 5.74) is 5.81. The zero-order valence-corrected chi connectivity index (χ0v) is 25.6. The Morgan fingerprint density at radius 3 is 2.77 bits per heavy atom. The molecule has 3 fully saturated rings. The van der Waals surface area contributed by atoms with E-state index in [1.165, 1.54) is 11.3 Å². The van der Waals surface area contributed by atoms with Gasteiger partial charge in [0.1, 0.15) is 18.2 Å². The minimum absolute atomic E-state index is 0.111. The summed E-state index contributed by atoms with van der Waals surface area (Å²) in [6.07, 6.45) is 13.8. The number of likely N-dealkylation sites (N-methyl/N-ethyl adjacent to an activating group) is 1. The Morgan fingerprint density at radius 1 is 1.21 bits per heavy atom. The third-order valence-electron chi connectivity index (χ3n) is 9.30. The molecule has 1 amide bonds. The van der Waals surface area contributed by atoms with Gasteiger partial charge >= 0.3 is 0 Å². The number of likely N-dealkylation sites (tertiary alicyclic amines) is 2. The molecule has 3 saturated heterocycles. The number of aryl methyl sites for hydroxylation is 1. The molecule has 0 spiro atoms. The van der Waals surface area contributed by atoms with Crippen molar-refractivity contribution in [2.24, 2.45) is 0 Å². The van der Waals surface area contributed by atoms with Gasteiger partial charge in [-0.1, -0.05) is 12.1 Å². The van der Waals surface area contributed by atoms with Gasteiger partial charge in [0.05, 0.1) is 24.5 Å². The number of nitrogens with one attached hydrogen (secondary N) is 1. The highest BCUT2D eigenvalue weighted by molar-refractivity contribution is 5.88. The summed E-state index contributed by atoms with van der Waals surface area (Å²) in [6.45, 7) is 11.2. The Bertz CT molecular complexity index is 1370. The van der Waals surface area contributed by atoms with Crippen molar-refractivity contribution in [2.75, 3.05) is 82.8 Å². The SMILES string of the molecule is C#CCCN(C)C/C=C/C(=O)N1CC(N2CCC(c3cc(C)c4c(c3)Nc3nccc(N5CCOCC5)c3CO4)CC2)C1. The second kappa shape index (κ2) is 13.4. The van der Waals surface area contributed by atoms with Gasteiger partial charge in [0.25, 0.3) is 0 Å². The summed E-state index contributed by atoms with van der Waals surface area (Å²) in [5, 5.41) is 3.64. The van der Waals surface area contributed by atoms with Crippen LogP contribution in [-0.4, -0.2) is 104 Å². The minimum Gasteiger partial charge on any atom is -0.486 e. The number of pyridine rings is 1. The van der Waals surface area contributed by atoms with Crippen LogP contribution in [0, 0.1) is 19.3 Å². The number of carbonyl (C=O) groups is 1. The van der Waals surface area contributed by atoms with Crippen molar-refractivity contribution in [2.45, 2.75) is 44.8 Å². The van der Waals surface area contributed by atoms with Crippen molar-refractivity contribution in [3.05, 3.63) is 53.2 Å². The number of aromatic nitrogens is 1. The molecule has 0 saturated carbocycles. The molecule has 5 heterocycles. The summed E-state index contributed by atoms with van der Waals surface area (Å²) in [6, 6.07) is 7.14. The number of benzene rings is 1. The van der Waals surface area contributed by atoms with Gasteiger partial charge < -0.3 is 29.5 Å². The molecular weight excluding hydrogens is 540 g/mol. The average molecular weight is 585 g/mol. The smallest absolute Gasteiger partial charge is 0.246 e. The number of morpholine rings is 1. The largest absolute Gasteiger partial charge is 0.486 e. The molecule has 228 valence electrons. The second-order valence-electron chi connectivity index (χ2n) is 12.2. The van der Waals surface area contributed by atoms with Gasteiger partial charge in [-0.2, -0.15) is 0 Å². The van der Waals surface area contributed by atoms with E-state index in [2.05, 4.69) is 51.1 Å². The normalized spacial score (nSPS) is 19.7. The summed E-state index contributed by atoms with van der Waals surface area (Å²) in [4.78, 5) is 26.3. The minimum atomic E-state index is 0.111. The molecule has 0 unspecified atom stereocenters. The van der Waals surface area contributed by atoms with Crippen LogP contribution < -0.4 is 15.0 Å². The maximum absolute atomic E-state index is 12.6. The number of hydrogen-bond donors (Lipinski definition) is 1. The highest BCUT2D eigenvalue weighted by atomic mass is 16.5. The van der Waals surface area contributed by atoms with Gasteiger partial charge in [-0.25, -0.2) is 4.98 Å². The third-order valence-corrected chi connectivity index (χ3v) is 9.30. The lowest BCUT2D eigenvalue weighted by Gasteiger charge is -2.47. The van der Waals surface area contributed by atoms with E-state index >= 15 is 0 Å². The Balaban J connectivity index is 1.03. The Labute approximate surface area is 255 Å². The van der Waals surface area contributed by atoms with Crippen molar-refractivity contribution in [1.82, 2.24) is 19.7 Å². The van der Waals surface area contributed by atoms with Gasteiger partial charge in [0.2, 0.25) is 5.91 Å². The molecule has 9 nitrogen and oxygen atoms in total. The quantitative estimate of drug-likeness (QED) is 0.372. The fourth-order valence-electron chi connectivity index (χ4n) is 6.68. The van der Waals surface area contributed by atoms with E-state index < -0.39 is 0 Å². The number of nitrogens with zero attached hydrogens (tertiary/aromatic N) is 5. The number of piperidine rings is 1. The molecule has 1 aromatic heterocycles. The lowest BCUT2D eigenvalue weighted by molar-refractivity contribution is -0.133. The first-order valence-corrected chi connectivity index (χ1v) is 15.7. The number of terminal acetylenes is 1. The second-order valence-corrected chi connectivity index (χ2v) is 12.2. The van der Waals surface area contributed by atoms with Crippen molar-refractivity contribution in [1.29, 1.82) is 0 Å². The molecule has 1 aromatic carbocycles. The van der Waals surface area contributed by atoms with E-state index in [4.69, 9.17) is 20.9 Å². The molecule has 9 heteroatoms. The number of carbonyl (C=O) groups excluding carboxylic acids is 1. The van der Waals surface area contributed by atoms with E-state index in [-0.39, 0.29) is 5.91 Å². The number of anilines is 3. The molecule has 43 heavy (non-hydrogen) atoms. The molecule has 2 aromatic rings. The molecule has 0 atom stereocenters. The van der Waals surface area contributed by atoms with Gasteiger partial charge in [-0.05, 0) is 69.1 Å². The van der Waals surface area contributed by atoms with Gasteiger partial charge in [-0.3, -0.25) is 9.69 Å². The maximum atomic E-state index is 12.6.